The number of carbonyl (C=O) groups is 3. The molecule has 3 rings (SSSR count). The molecule has 0 radical (unpaired) electrons. The number of amides is 2. The van der Waals surface area contributed by atoms with Crippen molar-refractivity contribution in [3.05, 3.63) is 63.6 Å². The average Bonchev–Trinajstić information content (AvgIpc) is 3.30. The molecule has 0 saturated heterocycles. The first-order chi connectivity index (χ1) is 16.3. The molecule has 1 aliphatic heterocycles. The monoisotopic (exact) mass is 504 g/mol. The Labute approximate surface area is 208 Å². The average molecular weight is 505 g/mol. The summed E-state index contributed by atoms with van der Waals surface area (Å²) in [6, 6.07) is 11.0. The lowest BCUT2D eigenvalue weighted by Crippen LogP contribution is -2.39. The first-order valence-electron chi connectivity index (χ1n) is 10.9. The molecular formula is C24H26Cl2N4O4. The van der Waals surface area contributed by atoms with Gasteiger partial charge in [0, 0.05) is 34.3 Å². The van der Waals surface area contributed by atoms with Crippen molar-refractivity contribution in [2.45, 2.75) is 32.2 Å². The van der Waals surface area contributed by atoms with Gasteiger partial charge in [-0.3, -0.25) is 19.4 Å². The van der Waals surface area contributed by atoms with Crippen LogP contribution in [0.5, 0.6) is 0 Å². The minimum Gasteiger partial charge on any atom is -0.466 e. The molecule has 1 atom stereocenters. The highest BCUT2D eigenvalue weighted by Crippen LogP contribution is 2.26. The van der Waals surface area contributed by atoms with Crippen LogP contribution >= 0.6 is 23.2 Å². The van der Waals surface area contributed by atoms with Crippen molar-refractivity contribution in [1.82, 2.24) is 10.6 Å². The highest BCUT2D eigenvalue weighted by Gasteiger charge is 2.21. The van der Waals surface area contributed by atoms with Crippen LogP contribution in [0.3, 0.4) is 0 Å². The Morgan fingerprint density at radius 3 is 2.56 bits per heavy atom. The molecule has 3 N–H and O–H groups in total. The third-order valence-corrected chi connectivity index (χ3v) is 5.43. The van der Waals surface area contributed by atoms with Gasteiger partial charge in [-0.25, -0.2) is 0 Å². The lowest BCUT2D eigenvalue weighted by atomic mass is 10.0. The predicted molar refractivity (Wildman–Crippen MR) is 133 cm³/mol. The van der Waals surface area contributed by atoms with E-state index in [0.717, 1.165) is 30.9 Å². The molecule has 8 nitrogen and oxygen atoms in total. The van der Waals surface area contributed by atoms with Gasteiger partial charge in [-0.15, -0.1) is 0 Å². The van der Waals surface area contributed by atoms with Crippen LogP contribution in [0.15, 0.2) is 47.5 Å². The molecule has 0 aromatic heterocycles. The highest BCUT2D eigenvalue weighted by molar-refractivity contribution is 6.34. The van der Waals surface area contributed by atoms with Gasteiger partial charge in [0.2, 0.25) is 5.91 Å². The summed E-state index contributed by atoms with van der Waals surface area (Å²) in [7, 11) is 0. The second-order valence-electron chi connectivity index (χ2n) is 7.65. The molecule has 2 amide bonds. The van der Waals surface area contributed by atoms with Gasteiger partial charge in [-0.05, 0) is 55.3 Å². The van der Waals surface area contributed by atoms with E-state index in [0.29, 0.717) is 21.2 Å². The van der Waals surface area contributed by atoms with Crippen LogP contribution in [0, 0.1) is 0 Å². The van der Waals surface area contributed by atoms with Crippen molar-refractivity contribution >= 4 is 52.5 Å². The predicted octanol–water partition coefficient (Wildman–Crippen LogP) is 4.14. The third-order valence-electron chi connectivity index (χ3n) is 5.00. The van der Waals surface area contributed by atoms with Crippen LogP contribution in [0.4, 0.5) is 5.69 Å². The van der Waals surface area contributed by atoms with Gasteiger partial charge < -0.3 is 20.7 Å². The zero-order valence-electron chi connectivity index (χ0n) is 18.7. The number of ether oxygens (including phenoxy) is 1. The summed E-state index contributed by atoms with van der Waals surface area (Å²) in [5.74, 6) is -0.469. The Morgan fingerprint density at radius 1 is 1.12 bits per heavy atom. The molecule has 0 aliphatic carbocycles. The van der Waals surface area contributed by atoms with E-state index < -0.39 is 23.8 Å². The number of hydrogen-bond acceptors (Lipinski definition) is 6. The number of amidine groups is 1. The second kappa shape index (κ2) is 12.4. The topological polar surface area (TPSA) is 109 Å². The second-order valence-corrected chi connectivity index (χ2v) is 8.53. The first-order valence-corrected chi connectivity index (χ1v) is 11.7. The standard InChI is InChI=1S/C24H26Cl2N4O4/c1-2-34-23(32)13-20(16-9-17(25)12-18(26)10-16)30-22(31)14-28-24(33)15-5-3-6-19(11-15)29-21-7-4-8-27-21/h3,5-6,9-12,20H,2,4,7-8,13-14H2,1H3,(H,27,29)(H,28,33)(H,30,31). The van der Waals surface area contributed by atoms with Crippen LogP contribution in [0.1, 0.15) is 48.1 Å². The van der Waals surface area contributed by atoms with Crippen molar-refractivity contribution in [3.8, 4) is 0 Å². The largest absolute Gasteiger partial charge is 0.466 e. The molecule has 180 valence electrons. The zero-order valence-corrected chi connectivity index (χ0v) is 20.2. The number of aliphatic imine (C=N–C) groups is 1. The number of nitrogens with one attached hydrogen (secondary N) is 3. The quantitative estimate of drug-likeness (QED) is 0.444. The number of halogens is 2. The number of anilines is 1. The number of nitrogens with zero attached hydrogens (tertiary/aromatic N) is 1. The van der Waals surface area contributed by atoms with Gasteiger partial charge in [0.1, 0.15) is 5.84 Å². The van der Waals surface area contributed by atoms with Crippen molar-refractivity contribution in [3.63, 3.8) is 0 Å². The van der Waals surface area contributed by atoms with Crippen molar-refractivity contribution < 1.29 is 19.1 Å². The van der Waals surface area contributed by atoms with Gasteiger partial charge >= 0.3 is 5.97 Å². The number of rotatable bonds is 9. The Balaban J connectivity index is 1.61. The molecular weight excluding hydrogens is 479 g/mol. The van der Waals surface area contributed by atoms with Crippen molar-refractivity contribution in [2.24, 2.45) is 4.99 Å². The minimum absolute atomic E-state index is 0.109. The molecule has 10 heteroatoms. The van der Waals surface area contributed by atoms with E-state index in [1.54, 1.807) is 43.3 Å². The number of carbonyl (C=O) groups excluding carboxylic acids is 3. The molecule has 0 bridgehead atoms. The fourth-order valence-corrected chi connectivity index (χ4v) is 4.01. The van der Waals surface area contributed by atoms with E-state index in [1.807, 2.05) is 6.07 Å². The Morgan fingerprint density at radius 2 is 1.88 bits per heavy atom. The summed E-state index contributed by atoms with van der Waals surface area (Å²) in [5.41, 5.74) is 1.71. The van der Waals surface area contributed by atoms with E-state index in [1.165, 1.54) is 0 Å². The number of hydrogen-bond donors (Lipinski definition) is 3. The third kappa shape index (κ3) is 7.74. The van der Waals surface area contributed by atoms with Gasteiger partial charge in [-0.1, -0.05) is 29.3 Å². The number of esters is 1. The molecule has 34 heavy (non-hydrogen) atoms. The summed E-state index contributed by atoms with van der Waals surface area (Å²) in [6.07, 6.45) is 1.78. The lowest BCUT2D eigenvalue weighted by Gasteiger charge is -2.19. The Bertz CT molecular complexity index is 1070. The summed E-state index contributed by atoms with van der Waals surface area (Å²) in [6.45, 7) is 2.43. The zero-order chi connectivity index (χ0) is 24.5. The fraction of sp³-hybridized carbons (Fsp3) is 0.333. The van der Waals surface area contributed by atoms with E-state index in [-0.39, 0.29) is 19.6 Å². The first kappa shape index (κ1) is 25.5. The smallest absolute Gasteiger partial charge is 0.308 e. The van der Waals surface area contributed by atoms with E-state index in [9.17, 15) is 14.4 Å². The van der Waals surface area contributed by atoms with Gasteiger partial charge in [0.05, 0.1) is 25.6 Å². The maximum Gasteiger partial charge on any atom is 0.308 e. The van der Waals surface area contributed by atoms with Gasteiger partial charge in [-0.2, -0.15) is 0 Å². The summed E-state index contributed by atoms with van der Waals surface area (Å²) >= 11 is 12.2. The van der Waals surface area contributed by atoms with Crippen molar-refractivity contribution in [1.29, 1.82) is 0 Å². The molecule has 1 aliphatic rings. The maximum absolute atomic E-state index is 12.6. The fourth-order valence-electron chi connectivity index (χ4n) is 3.47. The van der Waals surface area contributed by atoms with Crippen LogP contribution in [-0.4, -0.2) is 43.3 Å². The molecule has 1 unspecified atom stereocenters. The van der Waals surface area contributed by atoms with E-state index >= 15 is 0 Å². The molecule has 2 aromatic rings. The Kier molecular flexibility index (Phi) is 9.30. The Hall–Kier alpha value is -3.10. The minimum atomic E-state index is -0.723. The van der Waals surface area contributed by atoms with Crippen molar-refractivity contribution in [2.75, 3.05) is 25.0 Å². The maximum atomic E-state index is 12.6. The van der Waals surface area contributed by atoms with E-state index in [4.69, 9.17) is 27.9 Å². The summed E-state index contributed by atoms with van der Waals surface area (Å²) in [5, 5.41) is 9.29. The van der Waals surface area contributed by atoms with Gasteiger partial charge in [0.15, 0.2) is 0 Å². The summed E-state index contributed by atoms with van der Waals surface area (Å²) < 4.78 is 5.01. The number of benzene rings is 2. The highest BCUT2D eigenvalue weighted by atomic mass is 35.5. The lowest BCUT2D eigenvalue weighted by molar-refractivity contribution is -0.143. The molecule has 1 heterocycles. The molecule has 0 fully saturated rings. The SMILES string of the molecule is CCOC(=O)CC(NC(=O)CNC(=O)c1cccc(NC2=NCCC2)c1)c1cc(Cl)cc(Cl)c1. The van der Waals surface area contributed by atoms with Gasteiger partial charge in [0.25, 0.3) is 5.91 Å². The van der Waals surface area contributed by atoms with Crippen LogP contribution in [-0.2, 0) is 14.3 Å². The molecule has 0 saturated carbocycles. The molecule has 2 aromatic carbocycles. The van der Waals surface area contributed by atoms with Crippen LogP contribution in [0.2, 0.25) is 10.0 Å². The van der Waals surface area contributed by atoms with Crippen LogP contribution < -0.4 is 16.0 Å². The van der Waals surface area contributed by atoms with E-state index in [2.05, 4.69) is 20.9 Å². The van der Waals surface area contributed by atoms with Crippen LogP contribution in [0.25, 0.3) is 0 Å². The normalized spacial score (nSPS) is 13.6. The molecule has 0 spiro atoms. The summed E-state index contributed by atoms with van der Waals surface area (Å²) in [4.78, 5) is 41.6.